The van der Waals surface area contributed by atoms with Crippen molar-refractivity contribution in [3.8, 4) is 0 Å². The Morgan fingerprint density at radius 1 is 1.35 bits per heavy atom. The molecule has 1 aliphatic rings. The van der Waals surface area contributed by atoms with E-state index in [1.165, 1.54) is 5.56 Å². The van der Waals surface area contributed by atoms with Crippen molar-refractivity contribution in [1.82, 2.24) is 10.2 Å². The van der Waals surface area contributed by atoms with Gasteiger partial charge in [-0.2, -0.15) is 0 Å². The molecule has 0 radical (unpaired) electrons. The number of nitrogens with zero attached hydrogens (tertiary/aromatic N) is 1. The van der Waals surface area contributed by atoms with E-state index in [4.69, 9.17) is 4.74 Å². The van der Waals surface area contributed by atoms with Gasteiger partial charge in [0.25, 0.3) is 0 Å². The topological polar surface area (TPSA) is 24.5 Å². The van der Waals surface area contributed by atoms with Crippen molar-refractivity contribution in [2.75, 3.05) is 26.2 Å². The molecule has 3 atom stereocenters. The monoisotopic (exact) mass is 276 g/mol. The smallest absolute Gasteiger partial charge is 0.0674 e. The summed E-state index contributed by atoms with van der Waals surface area (Å²) in [7, 11) is 0. The molecule has 3 unspecified atom stereocenters. The third-order valence-electron chi connectivity index (χ3n) is 4.12. The summed E-state index contributed by atoms with van der Waals surface area (Å²) in [6.07, 6.45) is 1.46. The first-order chi connectivity index (χ1) is 9.72. The maximum absolute atomic E-state index is 5.77. The van der Waals surface area contributed by atoms with Gasteiger partial charge in [0, 0.05) is 31.8 Å². The number of hydrogen-bond donors (Lipinski definition) is 1. The van der Waals surface area contributed by atoms with Crippen LogP contribution in [0.25, 0.3) is 0 Å². The lowest BCUT2D eigenvalue weighted by molar-refractivity contribution is 0.0582. The Morgan fingerprint density at radius 2 is 2.10 bits per heavy atom. The average molecular weight is 276 g/mol. The summed E-state index contributed by atoms with van der Waals surface area (Å²) >= 11 is 0. The van der Waals surface area contributed by atoms with Crippen LogP contribution < -0.4 is 5.32 Å². The van der Waals surface area contributed by atoms with E-state index in [1.54, 1.807) is 0 Å². The Hall–Kier alpha value is -0.900. The highest BCUT2D eigenvalue weighted by Crippen LogP contribution is 2.22. The lowest BCUT2D eigenvalue weighted by atomic mass is 9.98. The lowest BCUT2D eigenvalue weighted by Crippen LogP contribution is -2.45. The van der Waals surface area contributed by atoms with Gasteiger partial charge in [0.15, 0.2) is 0 Å². The van der Waals surface area contributed by atoms with E-state index in [9.17, 15) is 0 Å². The van der Waals surface area contributed by atoms with Crippen LogP contribution in [0.4, 0.5) is 0 Å². The summed E-state index contributed by atoms with van der Waals surface area (Å²) in [5, 5.41) is 3.65. The van der Waals surface area contributed by atoms with Crippen molar-refractivity contribution >= 4 is 0 Å². The van der Waals surface area contributed by atoms with Crippen molar-refractivity contribution in [3.05, 3.63) is 35.9 Å². The second kappa shape index (κ2) is 7.77. The molecule has 1 aromatic carbocycles. The zero-order valence-electron chi connectivity index (χ0n) is 13.0. The predicted molar refractivity (Wildman–Crippen MR) is 83.9 cm³/mol. The second-order valence-corrected chi connectivity index (χ2v) is 5.72. The quantitative estimate of drug-likeness (QED) is 0.895. The van der Waals surface area contributed by atoms with Gasteiger partial charge >= 0.3 is 0 Å². The predicted octanol–water partition coefficient (Wildman–Crippen LogP) is 2.84. The highest BCUT2D eigenvalue weighted by Gasteiger charge is 2.26. The summed E-state index contributed by atoms with van der Waals surface area (Å²) in [6, 6.07) is 11.6. The fourth-order valence-corrected chi connectivity index (χ4v) is 3.05. The Kier molecular flexibility index (Phi) is 6.02. The number of benzene rings is 1. The Labute approximate surface area is 123 Å². The number of likely N-dealkylation sites (N-methyl/N-ethyl adjacent to an activating group) is 1. The molecule has 2 rings (SSSR count). The van der Waals surface area contributed by atoms with Crippen LogP contribution in [-0.2, 0) is 4.74 Å². The van der Waals surface area contributed by atoms with Gasteiger partial charge in [0.1, 0.15) is 0 Å². The van der Waals surface area contributed by atoms with E-state index in [-0.39, 0.29) is 0 Å². The summed E-state index contributed by atoms with van der Waals surface area (Å²) in [5.41, 5.74) is 1.37. The molecule has 112 valence electrons. The van der Waals surface area contributed by atoms with Gasteiger partial charge in [-0.05, 0) is 32.4 Å². The summed E-state index contributed by atoms with van der Waals surface area (Å²) in [5.74, 6) is 0. The van der Waals surface area contributed by atoms with Crippen LogP contribution in [-0.4, -0.2) is 43.3 Å². The highest BCUT2D eigenvalue weighted by atomic mass is 16.5. The number of nitrogens with one attached hydrogen (secondary N) is 1. The average Bonchev–Trinajstić information content (AvgIpc) is 2.69. The van der Waals surface area contributed by atoms with Gasteiger partial charge < -0.3 is 10.1 Å². The SMILES string of the molecule is CCNC(c1ccccc1)C(C)N1CCCOC(C)C1. The molecule has 1 saturated heterocycles. The van der Waals surface area contributed by atoms with Gasteiger partial charge in [0.05, 0.1) is 6.10 Å². The van der Waals surface area contributed by atoms with Crippen LogP contribution in [0.15, 0.2) is 30.3 Å². The number of hydrogen-bond acceptors (Lipinski definition) is 3. The molecule has 1 aliphatic heterocycles. The first-order valence-electron chi connectivity index (χ1n) is 7.86. The van der Waals surface area contributed by atoms with E-state index >= 15 is 0 Å². The molecule has 0 aliphatic carbocycles. The van der Waals surface area contributed by atoms with Crippen LogP contribution >= 0.6 is 0 Å². The fraction of sp³-hybridized carbons (Fsp3) is 0.647. The standard InChI is InChI=1S/C17H28N2O/c1-4-18-17(16-9-6-5-7-10-16)15(3)19-11-8-12-20-14(2)13-19/h5-7,9-10,14-15,17-18H,4,8,11-13H2,1-3H3. The lowest BCUT2D eigenvalue weighted by Gasteiger charge is -2.35. The van der Waals surface area contributed by atoms with Gasteiger partial charge in [-0.1, -0.05) is 37.3 Å². The molecule has 0 spiro atoms. The molecule has 1 fully saturated rings. The van der Waals surface area contributed by atoms with Crippen LogP contribution in [0.2, 0.25) is 0 Å². The molecule has 20 heavy (non-hydrogen) atoms. The molecule has 0 amide bonds. The maximum atomic E-state index is 5.77. The molecule has 0 aromatic heterocycles. The first kappa shape index (κ1) is 15.5. The molecule has 0 saturated carbocycles. The second-order valence-electron chi connectivity index (χ2n) is 5.72. The molecule has 1 heterocycles. The third-order valence-corrected chi connectivity index (χ3v) is 4.12. The van der Waals surface area contributed by atoms with Crippen LogP contribution in [0, 0.1) is 0 Å². The first-order valence-corrected chi connectivity index (χ1v) is 7.86. The molecule has 0 bridgehead atoms. The fourth-order valence-electron chi connectivity index (χ4n) is 3.05. The Bertz CT molecular complexity index is 382. The van der Waals surface area contributed by atoms with Crippen molar-refractivity contribution < 1.29 is 4.74 Å². The van der Waals surface area contributed by atoms with Crippen LogP contribution in [0.1, 0.15) is 38.8 Å². The molecule has 3 heteroatoms. The molecular formula is C17H28N2O. The van der Waals surface area contributed by atoms with Crippen LogP contribution in [0.3, 0.4) is 0 Å². The number of rotatable bonds is 5. The minimum absolute atomic E-state index is 0.331. The van der Waals surface area contributed by atoms with Gasteiger partial charge in [0.2, 0.25) is 0 Å². The molecule has 1 aromatic rings. The molecule has 1 N–H and O–H groups in total. The summed E-state index contributed by atoms with van der Waals surface area (Å²) in [4.78, 5) is 2.57. The summed E-state index contributed by atoms with van der Waals surface area (Å²) < 4.78 is 5.77. The largest absolute Gasteiger partial charge is 0.377 e. The maximum Gasteiger partial charge on any atom is 0.0674 e. The van der Waals surface area contributed by atoms with Crippen LogP contribution in [0.5, 0.6) is 0 Å². The molecule has 3 nitrogen and oxygen atoms in total. The van der Waals surface area contributed by atoms with E-state index in [2.05, 4.69) is 61.3 Å². The van der Waals surface area contributed by atoms with E-state index < -0.39 is 0 Å². The zero-order valence-corrected chi connectivity index (χ0v) is 13.0. The van der Waals surface area contributed by atoms with E-state index in [1.807, 2.05) is 0 Å². The van der Waals surface area contributed by atoms with Crippen molar-refractivity contribution in [3.63, 3.8) is 0 Å². The Balaban J connectivity index is 2.11. The van der Waals surface area contributed by atoms with Crippen molar-refractivity contribution in [1.29, 1.82) is 0 Å². The van der Waals surface area contributed by atoms with Crippen molar-refractivity contribution in [2.24, 2.45) is 0 Å². The van der Waals surface area contributed by atoms with E-state index in [0.717, 1.165) is 32.7 Å². The molecular weight excluding hydrogens is 248 g/mol. The zero-order chi connectivity index (χ0) is 14.4. The van der Waals surface area contributed by atoms with E-state index in [0.29, 0.717) is 18.2 Å². The Morgan fingerprint density at radius 3 is 2.80 bits per heavy atom. The minimum atomic E-state index is 0.331. The van der Waals surface area contributed by atoms with Crippen molar-refractivity contribution in [2.45, 2.75) is 45.4 Å². The van der Waals surface area contributed by atoms with Gasteiger partial charge in [-0.3, -0.25) is 4.90 Å². The minimum Gasteiger partial charge on any atom is -0.377 e. The highest BCUT2D eigenvalue weighted by molar-refractivity contribution is 5.20. The summed E-state index contributed by atoms with van der Waals surface area (Å²) in [6.45, 7) is 10.7. The number of ether oxygens (including phenoxy) is 1. The third kappa shape index (κ3) is 4.05. The normalized spacial score (nSPS) is 24.1. The van der Waals surface area contributed by atoms with Gasteiger partial charge in [-0.15, -0.1) is 0 Å². The van der Waals surface area contributed by atoms with Gasteiger partial charge in [-0.25, -0.2) is 0 Å².